The number of hydrogen-bond acceptors (Lipinski definition) is 4. The van der Waals surface area contributed by atoms with Gasteiger partial charge >= 0.3 is 0 Å². The minimum atomic E-state index is -0.365. The highest BCUT2D eigenvalue weighted by Gasteiger charge is 2.34. The second-order valence-electron chi connectivity index (χ2n) is 9.49. The molecule has 0 N–H and O–H groups in total. The first-order chi connectivity index (χ1) is 17.4. The Morgan fingerprint density at radius 3 is 2.69 bits per heavy atom. The zero-order chi connectivity index (χ0) is 25.7. The van der Waals surface area contributed by atoms with E-state index < -0.39 is 0 Å². The summed E-state index contributed by atoms with van der Waals surface area (Å²) in [6, 6.07) is 15.2. The Balaban J connectivity index is 1.54. The van der Waals surface area contributed by atoms with Crippen molar-refractivity contribution in [2.24, 2.45) is 5.92 Å². The van der Waals surface area contributed by atoms with Crippen LogP contribution >= 0.6 is 11.3 Å². The first kappa shape index (κ1) is 25.9. The number of hydrogen-bond donors (Lipinski definition) is 0. The molecule has 2 aromatic carbocycles. The van der Waals surface area contributed by atoms with Crippen molar-refractivity contribution in [3.8, 4) is 5.75 Å². The van der Waals surface area contributed by atoms with Gasteiger partial charge in [-0.1, -0.05) is 44.0 Å². The van der Waals surface area contributed by atoms with Gasteiger partial charge in [-0.3, -0.25) is 9.59 Å². The van der Waals surface area contributed by atoms with Crippen LogP contribution in [0.4, 0.5) is 4.39 Å². The number of amides is 2. The first-order valence-electron chi connectivity index (χ1n) is 12.5. The van der Waals surface area contributed by atoms with E-state index in [2.05, 4.69) is 13.8 Å². The van der Waals surface area contributed by atoms with E-state index in [1.165, 1.54) is 17.0 Å². The van der Waals surface area contributed by atoms with Gasteiger partial charge in [0.05, 0.1) is 6.04 Å². The molecule has 0 bridgehead atoms. The highest BCUT2D eigenvalue weighted by molar-refractivity contribution is 7.10. The van der Waals surface area contributed by atoms with Gasteiger partial charge in [0.2, 0.25) is 5.91 Å². The molecular formula is C29H33FN2O3S. The van der Waals surface area contributed by atoms with Crippen molar-refractivity contribution < 1.29 is 18.7 Å². The number of fused-ring (bicyclic) bond motifs is 1. The summed E-state index contributed by atoms with van der Waals surface area (Å²) in [5.74, 6) is 0.0883. The molecule has 0 unspecified atom stereocenters. The van der Waals surface area contributed by atoms with Crippen molar-refractivity contribution in [2.75, 3.05) is 26.2 Å². The van der Waals surface area contributed by atoms with Crippen molar-refractivity contribution in [3.05, 3.63) is 87.4 Å². The Morgan fingerprint density at radius 2 is 1.97 bits per heavy atom. The van der Waals surface area contributed by atoms with E-state index in [0.717, 1.165) is 24.0 Å². The number of ether oxygens (including phenoxy) is 1. The van der Waals surface area contributed by atoms with Crippen molar-refractivity contribution in [3.63, 3.8) is 0 Å². The topological polar surface area (TPSA) is 49.9 Å². The fourth-order valence-electron chi connectivity index (χ4n) is 4.46. The smallest absolute Gasteiger partial charge is 0.254 e. The van der Waals surface area contributed by atoms with E-state index >= 15 is 0 Å². The molecule has 0 saturated heterocycles. The predicted molar refractivity (Wildman–Crippen MR) is 141 cm³/mol. The molecule has 1 aliphatic heterocycles. The van der Waals surface area contributed by atoms with Crippen LogP contribution in [0.1, 0.15) is 52.7 Å². The molecule has 1 aromatic heterocycles. The molecule has 0 saturated carbocycles. The second-order valence-corrected chi connectivity index (χ2v) is 10.5. The molecule has 2 amide bonds. The maximum absolute atomic E-state index is 13.7. The summed E-state index contributed by atoms with van der Waals surface area (Å²) in [7, 11) is 0. The maximum atomic E-state index is 13.7. The van der Waals surface area contributed by atoms with Crippen molar-refractivity contribution in [2.45, 2.75) is 39.7 Å². The quantitative estimate of drug-likeness (QED) is 0.362. The predicted octanol–water partition coefficient (Wildman–Crippen LogP) is 5.89. The molecule has 2 heterocycles. The summed E-state index contributed by atoms with van der Waals surface area (Å²) < 4.78 is 19.6. The highest BCUT2D eigenvalue weighted by Crippen LogP contribution is 2.34. The Labute approximate surface area is 216 Å². The molecule has 0 aliphatic carbocycles. The van der Waals surface area contributed by atoms with Crippen LogP contribution < -0.4 is 4.74 Å². The number of thiophene rings is 1. The van der Waals surface area contributed by atoms with E-state index in [1.807, 2.05) is 47.5 Å². The number of carbonyl (C=O) groups is 2. The standard InChI is InChI=1S/C29H33FN2O3S/c1-4-20(2)17-31(29(34)22-10-8-21(3)9-11-22)18-28(33)32-14-12-27-25(13-15-36-27)26(32)19-35-24-7-5-6-23(30)16-24/h5-11,13,15-16,20,26H,4,12,14,17-19H2,1-3H3/t20-,26-/m1/s1. The third-order valence-corrected chi connectivity index (χ3v) is 7.76. The molecule has 36 heavy (non-hydrogen) atoms. The lowest BCUT2D eigenvalue weighted by molar-refractivity contribution is -0.135. The van der Waals surface area contributed by atoms with E-state index in [1.54, 1.807) is 28.4 Å². The molecule has 190 valence electrons. The third kappa shape index (κ3) is 6.13. The average molecular weight is 509 g/mol. The summed E-state index contributed by atoms with van der Waals surface area (Å²) in [5.41, 5.74) is 2.73. The van der Waals surface area contributed by atoms with Crippen molar-refractivity contribution in [1.29, 1.82) is 0 Å². The van der Waals surface area contributed by atoms with Gasteiger partial charge in [-0.2, -0.15) is 0 Å². The summed E-state index contributed by atoms with van der Waals surface area (Å²) in [6.45, 7) is 7.45. The minimum absolute atomic E-state index is 0.00693. The fraction of sp³-hybridized carbons (Fsp3) is 0.379. The molecule has 5 nitrogen and oxygen atoms in total. The van der Waals surface area contributed by atoms with Gasteiger partial charge in [-0.25, -0.2) is 4.39 Å². The molecule has 2 atom stereocenters. The van der Waals surface area contributed by atoms with Gasteiger partial charge in [0.1, 0.15) is 24.7 Å². The normalized spacial score (nSPS) is 15.8. The summed E-state index contributed by atoms with van der Waals surface area (Å²) >= 11 is 1.68. The molecular weight excluding hydrogens is 475 g/mol. The first-order valence-corrected chi connectivity index (χ1v) is 13.3. The monoisotopic (exact) mass is 508 g/mol. The zero-order valence-electron chi connectivity index (χ0n) is 21.1. The molecule has 4 rings (SSSR count). The SMILES string of the molecule is CC[C@@H](C)CN(CC(=O)N1CCc2sccc2[C@H]1COc1cccc(F)c1)C(=O)c1ccc(C)cc1. The molecule has 7 heteroatoms. The van der Waals surface area contributed by atoms with Crippen LogP contribution in [0, 0.1) is 18.7 Å². The molecule has 3 aromatic rings. The largest absolute Gasteiger partial charge is 0.491 e. The Kier molecular flexibility index (Phi) is 8.41. The lowest BCUT2D eigenvalue weighted by Gasteiger charge is -2.37. The Morgan fingerprint density at radius 1 is 1.19 bits per heavy atom. The number of nitrogens with zero attached hydrogens (tertiary/aromatic N) is 2. The van der Waals surface area contributed by atoms with E-state index in [0.29, 0.717) is 24.4 Å². The van der Waals surface area contributed by atoms with Gasteiger partial charge in [0, 0.05) is 29.6 Å². The highest BCUT2D eigenvalue weighted by atomic mass is 32.1. The number of benzene rings is 2. The second kappa shape index (κ2) is 11.7. The third-order valence-electron chi connectivity index (χ3n) is 6.76. The minimum Gasteiger partial charge on any atom is -0.491 e. The molecule has 0 fully saturated rings. The van der Waals surface area contributed by atoms with Crippen LogP contribution in [0.5, 0.6) is 5.75 Å². The Bertz CT molecular complexity index is 1190. The Hall–Kier alpha value is -3.19. The fourth-order valence-corrected chi connectivity index (χ4v) is 5.39. The van der Waals surface area contributed by atoms with E-state index in [4.69, 9.17) is 4.74 Å². The van der Waals surface area contributed by atoms with Crippen molar-refractivity contribution in [1.82, 2.24) is 9.80 Å². The average Bonchev–Trinajstić information content (AvgIpc) is 3.36. The lowest BCUT2D eigenvalue weighted by atomic mass is 10.00. The van der Waals surface area contributed by atoms with Crippen LogP contribution in [0.25, 0.3) is 0 Å². The maximum Gasteiger partial charge on any atom is 0.254 e. The lowest BCUT2D eigenvalue weighted by Crippen LogP contribution is -2.48. The van der Waals surface area contributed by atoms with Crippen LogP contribution in [-0.4, -0.2) is 47.9 Å². The molecule has 1 aliphatic rings. The number of carbonyl (C=O) groups excluding carboxylic acids is 2. The number of rotatable bonds is 9. The molecule has 0 radical (unpaired) electrons. The summed E-state index contributed by atoms with van der Waals surface area (Å²) in [5, 5.41) is 2.03. The van der Waals surface area contributed by atoms with Gasteiger partial charge < -0.3 is 14.5 Å². The van der Waals surface area contributed by atoms with Crippen LogP contribution in [-0.2, 0) is 11.2 Å². The van der Waals surface area contributed by atoms with Gasteiger partial charge in [0.15, 0.2) is 0 Å². The van der Waals surface area contributed by atoms with E-state index in [9.17, 15) is 14.0 Å². The van der Waals surface area contributed by atoms with Gasteiger partial charge in [-0.15, -0.1) is 11.3 Å². The zero-order valence-corrected chi connectivity index (χ0v) is 21.9. The van der Waals surface area contributed by atoms with Crippen LogP contribution in [0.15, 0.2) is 60.0 Å². The van der Waals surface area contributed by atoms with Crippen LogP contribution in [0.2, 0.25) is 0 Å². The van der Waals surface area contributed by atoms with Crippen LogP contribution in [0.3, 0.4) is 0 Å². The summed E-state index contributed by atoms with van der Waals surface area (Å²) in [6.07, 6.45) is 1.68. The van der Waals surface area contributed by atoms with Gasteiger partial charge in [0.25, 0.3) is 5.91 Å². The number of halogens is 1. The van der Waals surface area contributed by atoms with E-state index in [-0.39, 0.29) is 42.7 Å². The van der Waals surface area contributed by atoms with Gasteiger partial charge in [-0.05, 0) is 60.5 Å². The molecule has 0 spiro atoms. The number of aryl methyl sites for hydroxylation is 1. The van der Waals surface area contributed by atoms with Crippen molar-refractivity contribution >= 4 is 23.2 Å². The summed E-state index contributed by atoms with van der Waals surface area (Å²) in [4.78, 5) is 31.8.